The third kappa shape index (κ3) is 5.40. The van der Waals surface area contributed by atoms with Gasteiger partial charge in [-0.1, -0.05) is 13.3 Å². The molecule has 2 amide bonds. The summed E-state index contributed by atoms with van der Waals surface area (Å²) in [5.41, 5.74) is 11.8. The van der Waals surface area contributed by atoms with Crippen molar-refractivity contribution in [3.63, 3.8) is 0 Å². The molecule has 1 aromatic carbocycles. The van der Waals surface area contributed by atoms with Crippen LogP contribution in [0.4, 0.5) is 5.69 Å². The molecule has 1 unspecified atom stereocenters. The number of nitrogens with two attached hydrogens (primary N) is 2. The van der Waals surface area contributed by atoms with E-state index in [1.165, 1.54) is 0 Å². The molecular weight excluding hydrogens is 254 g/mol. The van der Waals surface area contributed by atoms with Gasteiger partial charge in [0.1, 0.15) is 0 Å². The average Bonchev–Trinajstić information content (AvgIpc) is 2.44. The van der Waals surface area contributed by atoms with Crippen molar-refractivity contribution in [2.45, 2.75) is 32.6 Å². The molecule has 0 bridgehead atoms. The fourth-order valence-corrected chi connectivity index (χ4v) is 2.06. The van der Waals surface area contributed by atoms with Gasteiger partial charge in [0.2, 0.25) is 11.8 Å². The lowest BCUT2D eigenvalue weighted by Crippen LogP contribution is -2.15. The quantitative estimate of drug-likeness (QED) is 0.676. The first-order valence-electron chi connectivity index (χ1n) is 6.96. The molecule has 110 valence electrons. The molecule has 0 fully saturated rings. The number of primary amides is 1. The Labute approximate surface area is 119 Å². The van der Waals surface area contributed by atoms with Crippen LogP contribution in [0.15, 0.2) is 24.3 Å². The van der Waals surface area contributed by atoms with Crippen molar-refractivity contribution in [2.75, 3.05) is 11.9 Å². The maximum absolute atomic E-state index is 11.8. The Morgan fingerprint density at radius 2 is 1.85 bits per heavy atom. The Morgan fingerprint density at radius 3 is 2.35 bits per heavy atom. The number of carbonyl (C=O) groups is 2. The molecule has 1 rings (SSSR count). The van der Waals surface area contributed by atoms with Crippen LogP contribution in [0.25, 0.3) is 0 Å². The van der Waals surface area contributed by atoms with Gasteiger partial charge in [0.05, 0.1) is 0 Å². The van der Waals surface area contributed by atoms with Crippen LogP contribution in [0.2, 0.25) is 0 Å². The highest BCUT2D eigenvalue weighted by Crippen LogP contribution is 2.16. The van der Waals surface area contributed by atoms with Gasteiger partial charge in [-0.15, -0.1) is 0 Å². The molecule has 0 spiro atoms. The van der Waals surface area contributed by atoms with Gasteiger partial charge in [-0.3, -0.25) is 9.59 Å². The summed E-state index contributed by atoms with van der Waals surface area (Å²) < 4.78 is 0. The molecule has 0 aromatic heterocycles. The SMILES string of the molecule is CCC(CCN)CCC(=O)Nc1ccc(C(N)=O)cc1. The number of benzene rings is 1. The molecule has 0 radical (unpaired) electrons. The third-order valence-corrected chi connectivity index (χ3v) is 3.39. The van der Waals surface area contributed by atoms with E-state index in [0.29, 0.717) is 30.1 Å². The molecule has 5 N–H and O–H groups in total. The van der Waals surface area contributed by atoms with E-state index in [-0.39, 0.29) is 5.91 Å². The van der Waals surface area contributed by atoms with Gasteiger partial charge in [-0.2, -0.15) is 0 Å². The molecule has 0 heterocycles. The number of amides is 2. The van der Waals surface area contributed by atoms with Crippen LogP contribution in [0.1, 0.15) is 43.0 Å². The average molecular weight is 277 g/mol. The third-order valence-electron chi connectivity index (χ3n) is 3.39. The summed E-state index contributed by atoms with van der Waals surface area (Å²) in [5.74, 6) is 0.00531. The zero-order valence-corrected chi connectivity index (χ0v) is 11.9. The largest absolute Gasteiger partial charge is 0.366 e. The van der Waals surface area contributed by atoms with Gasteiger partial charge in [-0.25, -0.2) is 0 Å². The molecule has 5 heteroatoms. The highest BCUT2D eigenvalue weighted by molar-refractivity contribution is 5.94. The standard InChI is InChI=1S/C15H23N3O2/c1-2-11(9-10-16)3-8-14(19)18-13-6-4-12(5-7-13)15(17)20/h4-7,11H,2-3,8-10,16H2,1H3,(H2,17,20)(H,18,19). The van der Waals surface area contributed by atoms with Crippen molar-refractivity contribution in [1.82, 2.24) is 0 Å². The van der Waals surface area contributed by atoms with Crippen LogP contribution in [-0.4, -0.2) is 18.4 Å². The van der Waals surface area contributed by atoms with Crippen molar-refractivity contribution in [1.29, 1.82) is 0 Å². The van der Waals surface area contributed by atoms with Crippen LogP contribution in [0.5, 0.6) is 0 Å². The van der Waals surface area contributed by atoms with Gasteiger partial charge in [0.15, 0.2) is 0 Å². The number of anilines is 1. The summed E-state index contributed by atoms with van der Waals surface area (Å²) in [4.78, 5) is 22.8. The first-order chi connectivity index (χ1) is 9.56. The second kappa shape index (κ2) is 8.32. The van der Waals surface area contributed by atoms with Crippen molar-refractivity contribution in [2.24, 2.45) is 17.4 Å². The Bertz CT molecular complexity index is 443. The Kier molecular flexibility index (Phi) is 6.73. The first-order valence-corrected chi connectivity index (χ1v) is 6.96. The highest BCUT2D eigenvalue weighted by Gasteiger charge is 2.09. The normalized spacial score (nSPS) is 11.9. The second-order valence-corrected chi connectivity index (χ2v) is 4.88. The number of nitrogens with one attached hydrogen (secondary N) is 1. The molecule has 20 heavy (non-hydrogen) atoms. The van der Waals surface area contributed by atoms with Crippen LogP contribution in [0, 0.1) is 5.92 Å². The van der Waals surface area contributed by atoms with E-state index in [2.05, 4.69) is 12.2 Å². The van der Waals surface area contributed by atoms with Crippen molar-refractivity contribution in [3.8, 4) is 0 Å². The highest BCUT2D eigenvalue weighted by atomic mass is 16.1. The molecule has 1 atom stereocenters. The molecule has 1 aromatic rings. The summed E-state index contributed by atoms with van der Waals surface area (Å²) in [6, 6.07) is 6.55. The lowest BCUT2D eigenvalue weighted by atomic mass is 9.96. The number of rotatable bonds is 8. The van der Waals surface area contributed by atoms with Crippen LogP contribution < -0.4 is 16.8 Å². The summed E-state index contributed by atoms with van der Waals surface area (Å²) in [6.45, 7) is 2.77. The van der Waals surface area contributed by atoms with Crippen molar-refractivity contribution >= 4 is 17.5 Å². The lowest BCUT2D eigenvalue weighted by Gasteiger charge is -2.13. The van der Waals surface area contributed by atoms with E-state index in [9.17, 15) is 9.59 Å². The lowest BCUT2D eigenvalue weighted by molar-refractivity contribution is -0.116. The van der Waals surface area contributed by atoms with Crippen LogP contribution >= 0.6 is 0 Å². The molecule has 0 aliphatic heterocycles. The zero-order chi connectivity index (χ0) is 15.0. The minimum atomic E-state index is -0.476. The monoisotopic (exact) mass is 277 g/mol. The maximum Gasteiger partial charge on any atom is 0.248 e. The van der Waals surface area contributed by atoms with E-state index in [1.807, 2.05) is 0 Å². The smallest absolute Gasteiger partial charge is 0.248 e. The van der Waals surface area contributed by atoms with E-state index < -0.39 is 5.91 Å². The second-order valence-electron chi connectivity index (χ2n) is 4.88. The Morgan fingerprint density at radius 1 is 1.20 bits per heavy atom. The van der Waals surface area contributed by atoms with E-state index in [1.54, 1.807) is 24.3 Å². The summed E-state index contributed by atoms with van der Waals surface area (Å²) in [5, 5.41) is 2.81. The van der Waals surface area contributed by atoms with Crippen molar-refractivity contribution < 1.29 is 9.59 Å². The minimum Gasteiger partial charge on any atom is -0.366 e. The molecule has 0 saturated carbocycles. The summed E-state index contributed by atoms with van der Waals surface area (Å²) in [6.07, 6.45) is 3.32. The predicted octanol–water partition coefficient (Wildman–Crippen LogP) is 1.88. The summed E-state index contributed by atoms with van der Waals surface area (Å²) >= 11 is 0. The fraction of sp³-hybridized carbons (Fsp3) is 0.467. The van der Waals surface area contributed by atoms with E-state index in [0.717, 1.165) is 19.3 Å². The van der Waals surface area contributed by atoms with Crippen LogP contribution in [-0.2, 0) is 4.79 Å². The number of carbonyl (C=O) groups excluding carboxylic acids is 2. The van der Waals surface area contributed by atoms with Gasteiger partial charge in [0.25, 0.3) is 0 Å². The van der Waals surface area contributed by atoms with Gasteiger partial charge in [-0.05, 0) is 49.6 Å². The maximum atomic E-state index is 11.8. The number of hydrogen-bond acceptors (Lipinski definition) is 3. The van der Waals surface area contributed by atoms with E-state index >= 15 is 0 Å². The number of hydrogen-bond donors (Lipinski definition) is 3. The fourth-order valence-electron chi connectivity index (χ4n) is 2.06. The first kappa shape index (κ1) is 16.2. The van der Waals surface area contributed by atoms with Gasteiger partial charge < -0.3 is 16.8 Å². The Hall–Kier alpha value is -1.88. The topological polar surface area (TPSA) is 98.2 Å². The van der Waals surface area contributed by atoms with Gasteiger partial charge >= 0.3 is 0 Å². The van der Waals surface area contributed by atoms with Gasteiger partial charge in [0, 0.05) is 17.7 Å². The molecule has 0 aliphatic rings. The Balaban J connectivity index is 2.43. The molecule has 5 nitrogen and oxygen atoms in total. The minimum absolute atomic E-state index is 0.0210. The van der Waals surface area contributed by atoms with Crippen LogP contribution in [0.3, 0.4) is 0 Å². The summed E-state index contributed by atoms with van der Waals surface area (Å²) in [7, 11) is 0. The zero-order valence-electron chi connectivity index (χ0n) is 11.9. The van der Waals surface area contributed by atoms with E-state index in [4.69, 9.17) is 11.5 Å². The molecule has 0 aliphatic carbocycles. The molecule has 0 saturated heterocycles. The van der Waals surface area contributed by atoms with Crippen molar-refractivity contribution in [3.05, 3.63) is 29.8 Å². The molecular formula is C15H23N3O2. The predicted molar refractivity (Wildman–Crippen MR) is 80.3 cm³/mol.